The molecule has 0 radical (unpaired) electrons. The van der Waals surface area contributed by atoms with Crippen LogP contribution in [0.25, 0.3) is 6.08 Å². The van der Waals surface area contributed by atoms with Gasteiger partial charge in [-0.3, -0.25) is 0 Å². The topological polar surface area (TPSA) is 65.9 Å². The van der Waals surface area contributed by atoms with Crippen molar-refractivity contribution in [3.63, 3.8) is 0 Å². The Balaban J connectivity index is 2.72. The zero-order valence-corrected chi connectivity index (χ0v) is 5.60. The lowest BCUT2D eigenvalue weighted by Crippen LogP contribution is -2.18. The van der Waals surface area contributed by atoms with Crippen molar-refractivity contribution < 1.29 is 9.90 Å². The summed E-state index contributed by atoms with van der Waals surface area (Å²) in [7, 11) is 0. The van der Waals surface area contributed by atoms with E-state index in [1.165, 1.54) is 24.8 Å². The predicted molar refractivity (Wildman–Crippen MR) is 36.1 cm³/mol. The molecule has 0 unspecified atom stereocenters. The molecule has 0 aliphatic heterocycles. The molecule has 0 saturated heterocycles. The first-order valence-corrected chi connectivity index (χ1v) is 2.93. The van der Waals surface area contributed by atoms with Gasteiger partial charge in [-0.25, -0.2) is 9.97 Å². The number of aliphatic carboxylic acids is 1. The van der Waals surface area contributed by atoms with Gasteiger partial charge in [-0.1, -0.05) is 6.08 Å². The molecule has 0 saturated carbocycles. The molecule has 0 aromatic carbocycles. The Morgan fingerprint density at radius 3 is 2.64 bits per heavy atom. The van der Waals surface area contributed by atoms with Crippen LogP contribution in [0.1, 0.15) is 5.56 Å². The molecule has 0 N–H and O–H groups in total. The molecule has 0 amide bonds. The third-order valence-electron chi connectivity index (χ3n) is 0.992. The molecule has 0 bridgehead atoms. The van der Waals surface area contributed by atoms with Gasteiger partial charge in [0.25, 0.3) is 0 Å². The number of hydrogen-bond acceptors (Lipinski definition) is 4. The lowest BCUT2D eigenvalue weighted by Gasteiger charge is -1.90. The second kappa shape index (κ2) is 3.46. The van der Waals surface area contributed by atoms with E-state index in [0.717, 1.165) is 6.08 Å². The first-order chi connectivity index (χ1) is 5.29. The van der Waals surface area contributed by atoms with Crippen molar-refractivity contribution in [2.75, 3.05) is 0 Å². The van der Waals surface area contributed by atoms with E-state index in [2.05, 4.69) is 9.97 Å². The number of rotatable bonds is 2. The summed E-state index contributed by atoms with van der Waals surface area (Å²) in [5, 5.41) is 9.93. The third-order valence-corrected chi connectivity index (χ3v) is 0.992. The van der Waals surface area contributed by atoms with E-state index in [-0.39, 0.29) is 0 Å². The zero-order valence-electron chi connectivity index (χ0n) is 5.60. The maximum Gasteiger partial charge on any atom is 0.115 e. The van der Waals surface area contributed by atoms with E-state index in [1.54, 1.807) is 0 Å². The standard InChI is InChI=1S/C7H6N2O2/c10-7(11)2-1-6-3-8-5-9-4-6/h1-5H,(H,10,11)/p-1/b2-1+. The van der Waals surface area contributed by atoms with Gasteiger partial charge in [-0.05, 0) is 6.08 Å². The highest BCUT2D eigenvalue weighted by atomic mass is 16.4. The van der Waals surface area contributed by atoms with Crippen LogP contribution in [0.5, 0.6) is 0 Å². The fourth-order valence-corrected chi connectivity index (χ4v) is 0.561. The predicted octanol–water partition coefficient (Wildman–Crippen LogP) is -0.760. The summed E-state index contributed by atoms with van der Waals surface area (Å²) < 4.78 is 0. The molecular formula is C7H5N2O2-. The maximum absolute atomic E-state index is 9.93. The van der Waals surface area contributed by atoms with E-state index in [1.807, 2.05) is 0 Å². The second-order valence-electron chi connectivity index (χ2n) is 1.82. The molecule has 0 atom stereocenters. The van der Waals surface area contributed by atoms with Gasteiger partial charge in [0.05, 0.1) is 5.97 Å². The van der Waals surface area contributed by atoms with Gasteiger partial charge in [-0.2, -0.15) is 0 Å². The number of carboxylic acid groups (broad SMARTS) is 1. The van der Waals surface area contributed by atoms with Crippen LogP contribution < -0.4 is 5.11 Å². The van der Waals surface area contributed by atoms with Gasteiger partial charge in [-0.15, -0.1) is 0 Å². The van der Waals surface area contributed by atoms with E-state index in [4.69, 9.17) is 0 Å². The third kappa shape index (κ3) is 2.57. The SMILES string of the molecule is O=C([O-])/C=C/c1cncnc1. The Morgan fingerprint density at radius 1 is 1.45 bits per heavy atom. The summed E-state index contributed by atoms with van der Waals surface area (Å²) in [6, 6.07) is 0. The Morgan fingerprint density at radius 2 is 2.09 bits per heavy atom. The molecule has 1 aromatic rings. The van der Waals surface area contributed by atoms with Gasteiger partial charge >= 0.3 is 0 Å². The Hall–Kier alpha value is -1.71. The zero-order chi connectivity index (χ0) is 8.10. The minimum atomic E-state index is -1.23. The van der Waals surface area contributed by atoms with Crippen molar-refractivity contribution in [1.29, 1.82) is 0 Å². The molecule has 4 nitrogen and oxygen atoms in total. The summed E-state index contributed by atoms with van der Waals surface area (Å²) in [6.07, 6.45) is 6.68. The number of nitrogens with zero attached hydrogens (tertiary/aromatic N) is 2. The van der Waals surface area contributed by atoms with Crippen LogP contribution in [0.4, 0.5) is 0 Å². The molecule has 4 heteroatoms. The lowest BCUT2D eigenvalue weighted by atomic mass is 10.3. The minimum absolute atomic E-state index is 0.636. The van der Waals surface area contributed by atoms with Crippen LogP contribution >= 0.6 is 0 Å². The van der Waals surface area contributed by atoms with Crippen LogP contribution in [0, 0.1) is 0 Å². The van der Waals surface area contributed by atoms with E-state index < -0.39 is 5.97 Å². The Labute approximate surface area is 63.2 Å². The molecule has 56 valence electrons. The van der Waals surface area contributed by atoms with Crippen molar-refractivity contribution in [3.05, 3.63) is 30.4 Å². The molecule has 0 fully saturated rings. The number of carbonyl (C=O) groups is 1. The van der Waals surface area contributed by atoms with Gasteiger partial charge in [0.2, 0.25) is 0 Å². The molecule has 11 heavy (non-hydrogen) atoms. The maximum atomic E-state index is 9.93. The van der Waals surface area contributed by atoms with Gasteiger partial charge in [0.1, 0.15) is 6.33 Å². The minimum Gasteiger partial charge on any atom is -0.545 e. The first-order valence-electron chi connectivity index (χ1n) is 2.93. The van der Waals surface area contributed by atoms with Gasteiger partial charge in [0.15, 0.2) is 0 Å². The molecular weight excluding hydrogens is 144 g/mol. The highest BCUT2D eigenvalue weighted by molar-refractivity contribution is 5.83. The molecule has 0 aliphatic carbocycles. The lowest BCUT2D eigenvalue weighted by molar-refractivity contribution is -0.297. The van der Waals surface area contributed by atoms with Gasteiger partial charge in [0, 0.05) is 18.0 Å². The fourth-order valence-electron chi connectivity index (χ4n) is 0.561. The Kier molecular flexibility index (Phi) is 2.32. The average molecular weight is 149 g/mol. The monoisotopic (exact) mass is 149 g/mol. The number of carboxylic acids is 1. The molecule has 1 rings (SSSR count). The largest absolute Gasteiger partial charge is 0.545 e. The van der Waals surface area contributed by atoms with Crippen LogP contribution in [-0.2, 0) is 4.79 Å². The second-order valence-corrected chi connectivity index (χ2v) is 1.82. The molecule has 0 aliphatic rings. The summed E-state index contributed by atoms with van der Waals surface area (Å²) >= 11 is 0. The number of hydrogen-bond donors (Lipinski definition) is 0. The van der Waals surface area contributed by atoms with E-state index >= 15 is 0 Å². The molecule has 1 heterocycles. The smallest absolute Gasteiger partial charge is 0.115 e. The molecule has 0 spiro atoms. The van der Waals surface area contributed by atoms with E-state index in [9.17, 15) is 9.90 Å². The van der Waals surface area contributed by atoms with Crippen LogP contribution in [0.2, 0.25) is 0 Å². The average Bonchev–Trinajstić information content (AvgIpc) is 2.03. The van der Waals surface area contributed by atoms with Gasteiger partial charge < -0.3 is 9.90 Å². The number of aromatic nitrogens is 2. The fraction of sp³-hybridized carbons (Fsp3) is 0. The Bertz CT molecular complexity index is 269. The summed E-state index contributed by atoms with van der Waals surface area (Å²) in [4.78, 5) is 17.3. The quantitative estimate of drug-likeness (QED) is 0.518. The van der Waals surface area contributed by atoms with Crippen molar-refractivity contribution in [2.24, 2.45) is 0 Å². The number of carbonyl (C=O) groups excluding carboxylic acids is 1. The van der Waals surface area contributed by atoms with Crippen LogP contribution in [0.3, 0.4) is 0 Å². The van der Waals surface area contributed by atoms with E-state index in [0.29, 0.717) is 5.56 Å². The van der Waals surface area contributed by atoms with Crippen molar-refractivity contribution >= 4 is 12.0 Å². The highest BCUT2D eigenvalue weighted by Crippen LogP contribution is 1.94. The highest BCUT2D eigenvalue weighted by Gasteiger charge is 1.82. The normalized spacial score (nSPS) is 10.2. The van der Waals surface area contributed by atoms with Crippen LogP contribution in [-0.4, -0.2) is 15.9 Å². The molecule has 1 aromatic heterocycles. The first kappa shape index (κ1) is 7.40. The van der Waals surface area contributed by atoms with Crippen LogP contribution in [0.15, 0.2) is 24.8 Å². The summed E-state index contributed by atoms with van der Waals surface area (Å²) in [5.74, 6) is -1.23. The van der Waals surface area contributed by atoms with Crippen molar-refractivity contribution in [3.8, 4) is 0 Å². The summed E-state index contributed by atoms with van der Waals surface area (Å²) in [5.41, 5.74) is 0.636. The van der Waals surface area contributed by atoms with Crippen molar-refractivity contribution in [1.82, 2.24) is 9.97 Å². The summed E-state index contributed by atoms with van der Waals surface area (Å²) in [6.45, 7) is 0. The van der Waals surface area contributed by atoms with Crippen molar-refractivity contribution in [2.45, 2.75) is 0 Å².